The monoisotopic (exact) mass is 629 g/mol. The van der Waals surface area contributed by atoms with Crippen molar-refractivity contribution in [2.75, 3.05) is 0 Å². The Bertz CT molecular complexity index is 1200. The summed E-state index contributed by atoms with van der Waals surface area (Å²) in [6.07, 6.45) is 19.2. The first kappa shape index (κ1) is 34.8. The predicted octanol–water partition coefficient (Wildman–Crippen LogP) is 12.2. The quantitative estimate of drug-likeness (QED) is 0.298. The third-order valence-corrected chi connectivity index (χ3v) is 15.0. The Morgan fingerprint density at radius 3 is 2.17 bits per heavy atom. The van der Waals surface area contributed by atoms with Gasteiger partial charge in [-0.2, -0.15) is 0 Å². The molecule has 5 aliphatic carbocycles. The van der Waals surface area contributed by atoms with Crippen molar-refractivity contribution in [3.05, 3.63) is 46.5 Å². The number of aryl methyl sites for hydroxylation is 1. The van der Waals surface area contributed by atoms with Crippen LogP contribution in [-0.4, -0.2) is 11.2 Å². The zero-order valence-electron chi connectivity index (χ0n) is 31.6. The molecule has 258 valence electrons. The van der Waals surface area contributed by atoms with Crippen LogP contribution < -0.4 is 0 Å². The van der Waals surface area contributed by atoms with Crippen molar-refractivity contribution in [2.45, 2.75) is 158 Å². The Morgan fingerprint density at radius 1 is 0.848 bits per heavy atom. The maximum absolute atomic E-state index is 11.2. The molecule has 0 radical (unpaired) electrons. The molecular formula is C45H72O. The minimum atomic E-state index is -0.149. The van der Waals surface area contributed by atoms with Crippen LogP contribution >= 0.6 is 0 Å². The molecular weight excluding hydrogens is 556 g/mol. The summed E-state index contributed by atoms with van der Waals surface area (Å²) in [6, 6.07) is 9.37. The SMILES string of the molecule is CC1=C2C(C1Cc1ccc(C)cc1)C2[C@H]1CC2C(C)CC3(C(C)O)CC3CCCCCCCC(C[C@H](C)CC(C)(C)C)[C@@H](C)C2C1. The number of rotatable bonds is 7. The van der Waals surface area contributed by atoms with Crippen LogP contribution in [0.5, 0.6) is 0 Å². The van der Waals surface area contributed by atoms with E-state index in [1.807, 2.05) is 5.57 Å². The van der Waals surface area contributed by atoms with Gasteiger partial charge in [0.15, 0.2) is 0 Å². The standard InChI is InChI=1S/C45H72O/c1-28-17-19-34(20-18-28)22-40-32(5)41-42(43(40)41)36-23-38-30(3)26-45(33(6)46)27-37(45)16-14-12-10-11-13-15-35(31(4)39(38)24-36)21-29(2)25-44(7,8)9/h17-20,29-31,33,35-40,42-43,46H,10-16,21-27H2,1-9H3/t29-,30?,31+,33?,35?,36-,37?,38?,39?,40?,42?,43?,45?/m0/s1. The van der Waals surface area contributed by atoms with E-state index >= 15 is 0 Å². The van der Waals surface area contributed by atoms with E-state index in [4.69, 9.17) is 0 Å². The first-order chi connectivity index (χ1) is 21.8. The normalized spacial score (nSPS) is 41.3. The molecule has 5 aliphatic rings. The number of aliphatic hydroxyl groups is 1. The van der Waals surface area contributed by atoms with E-state index in [0.29, 0.717) is 5.41 Å². The fourth-order valence-electron chi connectivity index (χ4n) is 12.6. The second-order valence-electron chi connectivity index (χ2n) is 19.6. The van der Waals surface area contributed by atoms with Crippen LogP contribution in [0.15, 0.2) is 35.4 Å². The molecule has 13 atom stereocenters. The van der Waals surface area contributed by atoms with Crippen molar-refractivity contribution in [3.63, 3.8) is 0 Å². The Balaban J connectivity index is 1.22. The van der Waals surface area contributed by atoms with Gasteiger partial charge < -0.3 is 5.11 Å². The lowest BCUT2D eigenvalue weighted by atomic mass is 9.67. The van der Waals surface area contributed by atoms with E-state index in [-0.39, 0.29) is 11.5 Å². The zero-order chi connectivity index (χ0) is 33.0. The maximum Gasteiger partial charge on any atom is 0.0571 e. The zero-order valence-corrected chi connectivity index (χ0v) is 31.6. The van der Waals surface area contributed by atoms with Crippen LogP contribution in [0.1, 0.15) is 150 Å². The average molecular weight is 629 g/mol. The summed E-state index contributed by atoms with van der Waals surface area (Å²) in [5.41, 5.74) is 7.19. The Kier molecular flexibility index (Phi) is 10.3. The van der Waals surface area contributed by atoms with Gasteiger partial charge in [0.05, 0.1) is 6.10 Å². The number of fused-ring (bicyclic) bond motifs is 3. The van der Waals surface area contributed by atoms with Crippen LogP contribution in [0.2, 0.25) is 0 Å². The summed E-state index contributed by atoms with van der Waals surface area (Å²) < 4.78 is 0. The molecule has 0 heterocycles. The van der Waals surface area contributed by atoms with Crippen LogP contribution in [0.4, 0.5) is 0 Å². The molecule has 0 amide bonds. The summed E-state index contributed by atoms with van der Waals surface area (Å²) in [7, 11) is 0. The van der Waals surface area contributed by atoms with Crippen LogP contribution in [-0.2, 0) is 6.42 Å². The highest BCUT2D eigenvalue weighted by atomic mass is 16.3. The fourth-order valence-corrected chi connectivity index (χ4v) is 12.6. The largest absolute Gasteiger partial charge is 0.393 e. The van der Waals surface area contributed by atoms with Gasteiger partial charge in [0.2, 0.25) is 0 Å². The first-order valence-electron chi connectivity index (χ1n) is 20.2. The topological polar surface area (TPSA) is 20.2 Å². The predicted molar refractivity (Wildman–Crippen MR) is 197 cm³/mol. The van der Waals surface area contributed by atoms with Crippen molar-refractivity contribution < 1.29 is 5.11 Å². The van der Waals surface area contributed by atoms with Gasteiger partial charge in [-0.15, -0.1) is 0 Å². The highest BCUT2D eigenvalue weighted by Gasteiger charge is 2.63. The highest BCUT2D eigenvalue weighted by molar-refractivity contribution is 5.49. The Labute approximate surface area is 285 Å². The van der Waals surface area contributed by atoms with Gasteiger partial charge in [-0.3, -0.25) is 0 Å². The van der Waals surface area contributed by atoms with Crippen molar-refractivity contribution >= 4 is 0 Å². The fraction of sp³-hybridized carbons (Fsp3) is 0.822. The molecule has 0 saturated heterocycles. The molecule has 0 spiro atoms. The molecule has 6 rings (SSSR count). The molecule has 0 bridgehead atoms. The summed E-state index contributed by atoms with van der Waals surface area (Å²) in [4.78, 5) is 0. The lowest BCUT2D eigenvalue weighted by molar-refractivity contribution is 0.0597. The second-order valence-corrected chi connectivity index (χ2v) is 19.6. The third-order valence-electron chi connectivity index (χ3n) is 15.0. The van der Waals surface area contributed by atoms with Crippen molar-refractivity contribution in [3.8, 4) is 0 Å². The van der Waals surface area contributed by atoms with E-state index in [1.165, 1.54) is 101 Å². The van der Waals surface area contributed by atoms with Crippen molar-refractivity contribution in [2.24, 2.45) is 75.9 Å². The lowest BCUT2D eigenvalue weighted by Crippen LogP contribution is -2.31. The molecule has 4 saturated carbocycles. The molecule has 10 unspecified atom stereocenters. The van der Waals surface area contributed by atoms with E-state index < -0.39 is 0 Å². The van der Waals surface area contributed by atoms with Gasteiger partial charge >= 0.3 is 0 Å². The van der Waals surface area contributed by atoms with Gasteiger partial charge in [0, 0.05) is 0 Å². The number of hydrogen-bond acceptors (Lipinski definition) is 1. The van der Waals surface area contributed by atoms with Gasteiger partial charge in [0.25, 0.3) is 0 Å². The van der Waals surface area contributed by atoms with Crippen LogP contribution in [0, 0.1) is 82.9 Å². The molecule has 1 heteroatoms. The van der Waals surface area contributed by atoms with Gasteiger partial charge in [-0.25, -0.2) is 0 Å². The Hall–Kier alpha value is -1.08. The average Bonchev–Trinajstić information content (AvgIpc) is 3.82. The number of hydrogen-bond donors (Lipinski definition) is 1. The van der Waals surface area contributed by atoms with Crippen LogP contribution in [0.25, 0.3) is 0 Å². The lowest BCUT2D eigenvalue weighted by Gasteiger charge is -2.38. The molecule has 0 aromatic heterocycles. The van der Waals surface area contributed by atoms with E-state index in [9.17, 15) is 5.11 Å². The molecule has 1 N–H and O–H groups in total. The van der Waals surface area contributed by atoms with Crippen molar-refractivity contribution in [1.82, 2.24) is 0 Å². The van der Waals surface area contributed by atoms with Crippen molar-refractivity contribution in [1.29, 1.82) is 0 Å². The minimum Gasteiger partial charge on any atom is -0.393 e. The van der Waals surface area contributed by atoms with Crippen LogP contribution in [0.3, 0.4) is 0 Å². The van der Waals surface area contributed by atoms with Gasteiger partial charge in [-0.1, -0.05) is 121 Å². The highest BCUT2D eigenvalue weighted by Crippen LogP contribution is 2.71. The second kappa shape index (κ2) is 13.7. The summed E-state index contributed by atoms with van der Waals surface area (Å²) in [6.45, 7) is 22.1. The van der Waals surface area contributed by atoms with Gasteiger partial charge in [-0.05, 0) is 154 Å². The van der Waals surface area contributed by atoms with E-state index in [0.717, 1.165) is 65.1 Å². The first-order valence-corrected chi connectivity index (χ1v) is 20.2. The smallest absolute Gasteiger partial charge is 0.0571 e. The molecule has 0 aliphatic heterocycles. The van der Waals surface area contributed by atoms with Gasteiger partial charge in [0.1, 0.15) is 0 Å². The molecule has 1 aromatic carbocycles. The van der Waals surface area contributed by atoms with E-state index in [2.05, 4.69) is 86.6 Å². The number of benzene rings is 1. The maximum atomic E-state index is 11.2. The molecule has 46 heavy (non-hydrogen) atoms. The minimum absolute atomic E-state index is 0.149. The Morgan fingerprint density at radius 2 is 1.50 bits per heavy atom. The van der Waals surface area contributed by atoms with E-state index in [1.54, 1.807) is 5.57 Å². The summed E-state index contributed by atoms with van der Waals surface area (Å²) >= 11 is 0. The summed E-state index contributed by atoms with van der Waals surface area (Å²) in [5, 5.41) is 11.2. The molecule has 1 aromatic rings. The summed E-state index contributed by atoms with van der Waals surface area (Å²) in [5.74, 6) is 9.12. The third kappa shape index (κ3) is 7.26. The number of aliphatic hydroxyl groups excluding tert-OH is 1. The molecule has 1 nitrogen and oxygen atoms in total. The number of allylic oxidation sites excluding steroid dienone is 2. The molecule has 4 fully saturated rings.